The number of imide groups is 1. The van der Waals surface area contributed by atoms with Crippen molar-refractivity contribution in [2.24, 2.45) is 5.41 Å². The van der Waals surface area contributed by atoms with E-state index in [2.05, 4.69) is 5.32 Å². The Labute approximate surface area is 122 Å². The highest BCUT2D eigenvalue weighted by Crippen LogP contribution is 2.41. The first-order chi connectivity index (χ1) is 9.75. The van der Waals surface area contributed by atoms with Gasteiger partial charge in [0.2, 0.25) is 11.8 Å². The Morgan fingerprint density at radius 2 is 1.86 bits per heavy atom. The van der Waals surface area contributed by atoms with Crippen LogP contribution in [-0.2, 0) is 9.59 Å². The zero-order valence-corrected chi connectivity index (χ0v) is 12.3. The average Bonchev–Trinajstić information content (AvgIpc) is 2.69. The summed E-state index contributed by atoms with van der Waals surface area (Å²) in [6.45, 7) is 3.76. The van der Waals surface area contributed by atoms with Gasteiger partial charge >= 0.3 is 6.18 Å². The lowest BCUT2D eigenvalue weighted by atomic mass is 9.81. The Balaban J connectivity index is 2.07. The molecule has 2 fully saturated rings. The Morgan fingerprint density at radius 3 is 2.24 bits per heavy atom. The molecule has 0 aromatic rings. The van der Waals surface area contributed by atoms with Gasteiger partial charge in [-0.1, -0.05) is 13.8 Å². The van der Waals surface area contributed by atoms with Crippen molar-refractivity contribution in [2.45, 2.75) is 64.2 Å². The number of hydrogen-bond acceptors (Lipinski definition) is 3. The summed E-state index contributed by atoms with van der Waals surface area (Å²) >= 11 is 0. The third kappa shape index (κ3) is 2.80. The van der Waals surface area contributed by atoms with E-state index < -0.39 is 23.7 Å². The summed E-state index contributed by atoms with van der Waals surface area (Å²) < 4.78 is 37.9. The molecule has 1 N–H and O–H groups in total. The minimum Gasteiger partial charge on any atom is -0.304 e. The molecular formula is C14H21F3N2O2. The minimum absolute atomic E-state index is 0.0190. The SMILES string of the molecule is CCC1(CC)CC(=O)N(C2CCC(C(F)(F)F)NC2)C1=O. The molecule has 0 bridgehead atoms. The van der Waals surface area contributed by atoms with Crippen LogP contribution in [0.1, 0.15) is 46.0 Å². The fraction of sp³-hybridized carbons (Fsp3) is 0.857. The van der Waals surface area contributed by atoms with E-state index in [-0.39, 0.29) is 37.6 Å². The number of halogens is 3. The van der Waals surface area contributed by atoms with E-state index in [1.165, 1.54) is 4.90 Å². The van der Waals surface area contributed by atoms with Crippen LogP contribution >= 0.6 is 0 Å². The van der Waals surface area contributed by atoms with Crippen molar-refractivity contribution < 1.29 is 22.8 Å². The van der Waals surface area contributed by atoms with Crippen LogP contribution in [0.2, 0.25) is 0 Å². The number of piperidine rings is 1. The number of alkyl halides is 3. The normalized spacial score (nSPS) is 30.0. The monoisotopic (exact) mass is 306 g/mol. The second-order valence-electron chi connectivity index (χ2n) is 5.97. The number of carbonyl (C=O) groups excluding carboxylic acids is 2. The third-order valence-corrected chi connectivity index (χ3v) is 4.93. The van der Waals surface area contributed by atoms with Gasteiger partial charge in [-0.2, -0.15) is 13.2 Å². The molecule has 2 heterocycles. The van der Waals surface area contributed by atoms with Gasteiger partial charge in [0.1, 0.15) is 6.04 Å². The van der Waals surface area contributed by atoms with E-state index in [0.717, 1.165) is 0 Å². The summed E-state index contributed by atoms with van der Waals surface area (Å²) in [6, 6.07) is -1.99. The molecule has 0 aromatic carbocycles. The highest BCUT2D eigenvalue weighted by molar-refractivity contribution is 6.06. The molecule has 0 aliphatic carbocycles. The van der Waals surface area contributed by atoms with Gasteiger partial charge in [0.25, 0.3) is 0 Å². The van der Waals surface area contributed by atoms with Gasteiger partial charge in [-0.25, -0.2) is 0 Å². The van der Waals surface area contributed by atoms with Crippen LogP contribution in [0, 0.1) is 5.41 Å². The Hall–Kier alpha value is -1.11. The van der Waals surface area contributed by atoms with Gasteiger partial charge in [0.15, 0.2) is 0 Å². The van der Waals surface area contributed by atoms with Crippen LogP contribution in [-0.4, -0.2) is 41.5 Å². The molecule has 0 spiro atoms. The topological polar surface area (TPSA) is 49.4 Å². The maximum Gasteiger partial charge on any atom is 0.403 e. The molecule has 2 aliphatic heterocycles. The van der Waals surface area contributed by atoms with Crippen molar-refractivity contribution in [1.29, 1.82) is 0 Å². The van der Waals surface area contributed by atoms with Crippen LogP contribution in [0.3, 0.4) is 0 Å². The molecule has 21 heavy (non-hydrogen) atoms. The third-order valence-electron chi connectivity index (χ3n) is 4.93. The second-order valence-corrected chi connectivity index (χ2v) is 5.97. The number of rotatable bonds is 3. The summed E-state index contributed by atoms with van der Waals surface area (Å²) in [4.78, 5) is 25.9. The highest BCUT2D eigenvalue weighted by atomic mass is 19.4. The molecule has 2 saturated heterocycles. The van der Waals surface area contributed by atoms with Gasteiger partial charge in [-0.05, 0) is 25.7 Å². The van der Waals surface area contributed by atoms with Gasteiger partial charge in [0.05, 0.1) is 11.5 Å². The predicted octanol–water partition coefficient (Wildman–Crippen LogP) is 2.23. The quantitative estimate of drug-likeness (QED) is 0.814. The first-order valence-corrected chi connectivity index (χ1v) is 7.41. The van der Waals surface area contributed by atoms with Gasteiger partial charge in [0, 0.05) is 13.0 Å². The maximum atomic E-state index is 12.6. The van der Waals surface area contributed by atoms with Crippen molar-refractivity contribution in [1.82, 2.24) is 10.2 Å². The molecule has 2 aliphatic rings. The number of hydrogen-bond donors (Lipinski definition) is 1. The molecule has 2 unspecified atom stereocenters. The molecule has 2 rings (SSSR count). The summed E-state index contributed by atoms with van der Waals surface area (Å²) in [6.07, 6.45) is -2.83. The summed E-state index contributed by atoms with van der Waals surface area (Å²) in [7, 11) is 0. The second kappa shape index (κ2) is 5.59. The first-order valence-electron chi connectivity index (χ1n) is 7.41. The van der Waals surface area contributed by atoms with Gasteiger partial charge < -0.3 is 5.32 Å². The maximum absolute atomic E-state index is 12.6. The summed E-state index contributed by atoms with van der Waals surface area (Å²) in [5.41, 5.74) is -0.655. The van der Waals surface area contributed by atoms with Gasteiger partial charge in [-0.15, -0.1) is 0 Å². The standard InChI is InChI=1S/C14H21F3N2O2/c1-3-13(4-2)7-11(20)19(12(13)21)9-5-6-10(18-8-9)14(15,16)17/h9-10,18H,3-8H2,1-2H3. The lowest BCUT2D eigenvalue weighted by molar-refractivity contribution is -0.164. The van der Waals surface area contributed by atoms with Crippen molar-refractivity contribution in [2.75, 3.05) is 6.54 Å². The lowest BCUT2D eigenvalue weighted by Gasteiger charge is -2.36. The largest absolute Gasteiger partial charge is 0.403 e. The van der Waals surface area contributed by atoms with Crippen LogP contribution in [0.4, 0.5) is 13.2 Å². The Morgan fingerprint density at radius 1 is 1.24 bits per heavy atom. The molecule has 0 aromatic heterocycles. The summed E-state index contributed by atoms with van der Waals surface area (Å²) in [5, 5.41) is 2.42. The van der Waals surface area contributed by atoms with E-state index >= 15 is 0 Å². The Kier molecular flexibility index (Phi) is 4.33. The van der Waals surface area contributed by atoms with E-state index in [9.17, 15) is 22.8 Å². The molecular weight excluding hydrogens is 285 g/mol. The molecule has 0 radical (unpaired) electrons. The molecule has 120 valence electrons. The smallest absolute Gasteiger partial charge is 0.304 e. The van der Waals surface area contributed by atoms with E-state index in [0.29, 0.717) is 12.8 Å². The van der Waals surface area contributed by atoms with Crippen molar-refractivity contribution in [3.8, 4) is 0 Å². The number of nitrogens with one attached hydrogen (secondary N) is 1. The average molecular weight is 306 g/mol. The zero-order valence-electron chi connectivity index (χ0n) is 12.3. The molecule has 2 amide bonds. The predicted molar refractivity (Wildman–Crippen MR) is 70.4 cm³/mol. The van der Waals surface area contributed by atoms with E-state index in [1.54, 1.807) is 0 Å². The lowest BCUT2D eigenvalue weighted by Crippen LogP contribution is -2.56. The molecule has 0 saturated carbocycles. The number of carbonyl (C=O) groups is 2. The fourth-order valence-corrected chi connectivity index (χ4v) is 3.33. The summed E-state index contributed by atoms with van der Waals surface area (Å²) in [5.74, 6) is -0.462. The first kappa shape index (κ1) is 16.3. The van der Waals surface area contributed by atoms with Crippen molar-refractivity contribution >= 4 is 11.8 Å². The number of amides is 2. The van der Waals surface area contributed by atoms with Crippen LogP contribution in [0.5, 0.6) is 0 Å². The van der Waals surface area contributed by atoms with Crippen molar-refractivity contribution in [3.05, 3.63) is 0 Å². The Bertz CT molecular complexity index is 424. The van der Waals surface area contributed by atoms with E-state index in [1.807, 2.05) is 13.8 Å². The molecule has 4 nitrogen and oxygen atoms in total. The van der Waals surface area contributed by atoms with Crippen LogP contribution in [0.25, 0.3) is 0 Å². The van der Waals surface area contributed by atoms with Crippen LogP contribution < -0.4 is 5.32 Å². The fourth-order valence-electron chi connectivity index (χ4n) is 3.33. The molecule has 2 atom stereocenters. The molecule has 7 heteroatoms. The zero-order chi connectivity index (χ0) is 15.8. The number of likely N-dealkylation sites (tertiary alicyclic amines) is 1. The van der Waals surface area contributed by atoms with Crippen molar-refractivity contribution in [3.63, 3.8) is 0 Å². The highest BCUT2D eigenvalue weighted by Gasteiger charge is 2.52. The van der Waals surface area contributed by atoms with Gasteiger partial charge in [-0.3, -0.25) is 14.5 Å². The number of nitrogens with zero attached hydrogens (tertiary/aromatic N) is 1. The minimum atomic E-state index is -4.28. The van der Waals surface area contributed by atoms with Crippen LogP contribution in [0.15, 0.2) is 0 Å². The van der Waals surface area contributed by atoms with E-state index in [4.69, 9.17) is 0 Å².